The van der Waals surface area contributed by atoms with Gasteiger partial charge in [0, 0.05) is 5.56 Å². The summed E-state index contributed by atoms with van der Waals surface area (Å²) in [5, 5.41) is 3.71. The number of hydrogen-bond acceptors (Lipinski definition) is 5. The molecule has 0 aromatic heterocycles. The van der Waals surface area contributed by atoms with Gasteiger partial charge in [-0.15, -0.1) is 0 Å². The van der Waals surface area contributed by atoms with E-state index in [1.54, 1.807) is 36.4 Å². The molecule has 1 fully saturated rings. The Labute approximate surface area is 210 Å². The van der Waals surface area contributed by atoms with Crippen LogP contribution in [0.25, 0.3) is 6.08 Å². The van der Waals surface area contributed by atoms with E-state index in [2.05, 4.69) is 10.3 Å². The topological polar surface area (TPSA) is 59.9 Å². The van der Waals surface area contributed by atoms with Crippen LogP contribution in [0.15, 0.2) is 70.6 Å². The van der Waals surface area contributed by atoms with Crippen molar-refractivity contribution >= 4 is 57.8 Å². The SMILES string of the molecule is CCOc1ccc(N=C2NC(=O)/C(=C\c3cc(Cl)c(OCc4ccccc4F)c(Cl)c3)S2)cc1. The van der Waals surface area contributed by atoms with Crippen molar-refractivity contribution in [3.63, 3.8) is 0 Å². The van der Waals surface area contributed by atoms with Crippen LogP contribution in [0, 0.1) is 5.82 Å². The lowest BCUT2D eigenvalue weighted by atomic mass is 10.2. The van der Waals surface area contributed by atoms with Crippen LogP contribution in [-0.2, 0) is 11.4 Å². The van der Waals surface area contributed by atoms with Crippen LogP contribution in [0.4, 0.5) is 10.1 Å². The number of carbonyl (C=O) groups is 1. The van der Waals surface area contributed by atoms with Gasteiger partial charge in [-0.3, -0.25) is 4.79 Å². The van der Waals surface area contributed by atoms with Gasteiger partial charge in [0.15, 0.2) is 10.9 Å². The van der Waals surface area contributed by atoms with Crippen molar-refractivity contribution in [3.05, 3.63) is 92.6 Å². The van der Waals surface area contributed by atoms with Crippen LogP contribution < -0.4 is 14.8 Å². The van der Waals surface area contributed by atoms with E-state index in [1.165, 1.54) is 17.8 Å². The lowest BCUT2D eigenvalue weighted by molar-refractivity contribution is -0.115. The van der Waals surface area contributed by atoms with Gasteiger partial charge in [-0.25, -0.2) is 9.38 Å². The summed E-state index contributed by atoms with van der Waals surface area (Å²) in [6.45, 7) is 2.48. The first kappa shape index (κ1) is 24.1. The molecule has 5 nitrogen and oxygen atoms in total. The highest BCUT2D eigenvalue weighted by atomic mass is 35.5. The monoisotopic (exact) mass is 516 g/mol. The van der Waals surface area contributed by atoms with Gasteiger partial charge in [0.1, 0.15) is 18.2 Å². The van der Waals surface area contributed by atoms with Crippen molar-refractivity contribution in [2.45, 2.75) is 13.5 Å². The summed E-state index contributed by atoms with van der Waals surface area (Å²) < 4.78 is 24.9. The number of amides is 1. The number of thioether (sulfide) groups is 1. The number of nitrogens with one attached hydrogen (secondary N) is 1. The maximum atomic E-state index is 13.8. The minimum atomic E-state index is -0.372. The van der Waals surface area contributed by atoms with Gasteiger partial charge in [0.25, 0.3) is 5.91 Å². The molecule has 0 unspecified atom stereocenters. The standard InChI is InChI=1S/C25H19Cl2FN2O3S/c1-2-32-18-9-7-17(8-10-18)29-25-30-24(31)22(34-25)13-15-11-19(26)23(20(27)12-15)33-14-16-5-3-4-6-21(16)28/h3-13H,2,14H2,1H3,(H,29,30,31)/b22-13+. The molecule has 0 atom stereocenters. The van der Waals surface area contributed by atoms with Crippen molar-refractivity contribution < 1.29 is 18.7 Å². The Bertz CT molecular complexity index is 1260. The number of nitrogens with zero attached hydrogens (tertiary/aromatic N) is 1. The summed E-state index contributed by atoms with van der Waals surface area (Å²) in [5.41, 5.74) is 1.70. The molecule has 1 aliphatic rings. The number of amidine groups is 1. The molecular weight excluding hydrogens is 498 g/mol. The number of carbonyl (C=O) groups excluding carboxylic acids is 1. The molecular formula is C25H19Cl2FN2O3S. The lowest BCUT2D eigenvalue weighted by Crippen LogP contribution is -2.19. The number of halogens is 3. The fourth-order valence-electron chi connectivity index (χ4n) is 3.10. The quantitative estimate of drug-likeness (QED) is 0.343. The largest absolute Gasteiger partial charge is 0.494 e. The highest BCUT2D eigenvalue weighted by Crippen LogP contribution is 2.37. The van der Waals surface area contributed by atoms with Crippen molar-refractivity contribution in [3.8, 4) is 11.5 Å². The van der Waals surface area contributed by atoms with E-state index in [4.69, 9.17) is 32.7 Å². The Kier molecular flexibility index (Phi) is 7.77. The molecule has 0 aliphatic carbocycles. The van der Waals surface area contributed by atoms with E-state index in [0.717, 1.165) is 5.75 Å². The normalized spacial score (nSPS) is 15.6. The van der Waals surface area contributed by atoms with Gasteiger partial charge >= 0.3 is 0 Å². The fourth-order valence-corrected chi connectivity index (χ4v) is 4.55. The second-order valence-electron chi connectivity index (χ2n) is 7.10. The highest BCUT2D eigenvalue weighted by molar-refractivity contribution is 8.18. The van der Waals surface area contributed by atoms with E-state index < -0.39 is 0 Å². The van der Waals surface area contributed by atoms with E-state index in [-0.39, 0.29) is 34.1 Å². The third-order valence-electron chi connectivity index (χ3n) is 4.68. The van der Waals surface area contributed by atoms with Gasteiger partial charge in [0.05, 0.1) is 27.2 Å². The molecule has 174 valence electrons. The average molecular weight is 517 g/mol. The second-order valence-corrected chi connectivity index (χ2v) is 8.95. The van der Waals surface area contributed by atoms with Crippen molar-refractivity contribution in [2.75, 3.05) is 6.61 Å². The van der Waals surface area contributed by atoms with E-state index >= 15 is 0 Å². The molecule has 34 heavy (non-hydrogen) atoms. The molecule has 3 aromatic carbocycles. The van der Waals surface area contributed by atoms with Crippen LogP contribution >= 0.6 is 35.0 Å². The second kappa shape index (κ2) is 11.0. The highest BCUT2D eigenvalue weighted by Gasteiger charge is 2.24. The summed E-state index contributed by atoms with van der Waals surface area (Å²) in [4.78, 5) is 17.3. The number of benzene rings is 3. The average Bonchev–Trinajstić information content (AvgIpc) is 3.14. The van der Waals surface area contributed by atoms with Crippen LogP contribution in [0.3, 0.4) is 0 Å². The molecule has 0 radical (unpaired) electrons. The third-order valence-corrected chi connectivity index (χ3v) is 6.15. The summed E-state index contributed by atoms with van der Waals surface area (Å²) in [6, 6.07) is 16.8. The van der Waals surface area contributed by atoms with Gasteiger partial charge < -0.3 is 14.8 Å². The minimum absolute atomic E-state index is 0.0177. The van der Waals surface area contributed by atoms with E-state index in [0.29, 0.717) is 33.5 Å². The fraction of sp³-hybridized carbons (Fsp3) is 0.120. The van der Waals surface area contributed by atoms with Crippen LogP contribution in [0.2, 0.25) is 10.0 Å². The Hall–Kier alpha value is -3.00. The van der Waals surface area contributed by atoms with Gasteiger partial charge in [-0.2, -0.15) is 0 Å². The molecule has 1 amide bonds. The maximum Gasteiger partial charge on any atom is 0.264 e. The van der Waals surface area contributed by atoms with Crippen LogP contribution in [0.1, 0.15) is 18.1 Å². The predicted octanol–water partition coefficient (Wildman–Crippen LogP) is 7.00. The van der Waals surface area contributed by atoms with Crippen LogP contribution in [-0.4, -0.2) is 17.7 Å². The molecule has 0 bridgehead atoms. The van der Waals surface area contributed by atoms with E-state index in [1.807, 2.05) is 31.2 Å². The summed E-state index contributed by atoms with van der Waals surface area (Å²) >= 11 is 13.9. The first-order chi connectivity index (χ1) is 16.4. The number of ether oxygens (including phenoxy) is 2. The Morgan fingerprint density at radius 2 is 1.76 bits per heavy atom. The Morgan fingerprint density at radius 1 is 1.06 bits per heavy atom. The van der Waals surface area contributed by atoms with Gasteiger partial charge in [0.2, 0.25) is 0 Å². The zero-order valence-corrected chi connectivity index (χ0v) is 20.3. The molecule has 1 N–H and O–H groups in total. The van der Waals surface area contributed by atoms with Gasteiger partial charge in [-0.1, -0.05) is 41.4 Å². The van der Waals surface area contributed by atoms with Crippen LogP contribution in [0.5, 0.6) is 11.5 Å². The number of hydrogen-bond donors (Lipinski definition) is 1. The zero-order valence-electron chi connectivity index (χ0n) is 18.0. The molecule has 1 aliphatic heterocycles. The molecule has 0 spiro atoms. The Balaban J connectivity index is 1.48. The predicted molar refractivity (Wildman–Crippen MR) is 136 cm³/mol. The van der Waals surface area contributed by atoms with Crippen molar-refractivity contribution in [2.24, 2.45) is 4.99 Å². The molecule has 1 saturated heterocycles. The lowest BCUT2D eigenvalue weighted by Gasteiger charge is -2.11. The maximum absolute atomic E-state index is 13.8. The van der Waals surface area contributed by atoms with Gasteiger partial charge in [-0.05, 0) is 72.8 Å². The number of rotatable bonds is 7. The molecule has 1 heterocycles. The number of aliphatic imine (C=N–C) groups is 1. The summed E-state index contributed by atoms with van der Waals surface area (Å²) in [6.07, 6.45) is 1.67. The summed E-state index contributed by atoms with van der Waals surface area (Å²) in [7, 11) is 0. The molecule has 3 aromatic rings. The van der Waals surface area contributed by atoms with E-state index in [9.17, 15) is 9.18 Å². The summed E-state index contributed by atoms with van der Waals surface area (Å²) in [5.74, 6) is 0.352. The smallest absolute Gasteiger partial charge is 0.264 e. The minimum Gasteiger partial charge on any atom is -0.494 e. The first-order valence-electron chi connectivity index (χ1n) is 10.3. The third kappa shape index (κ3) is 5.91. The van der Waals surface area contributed by atoms with Crippen molar-refractivity contribution in [1.29, 1.82) is 0 Å². The molecule has 0 saturated carbocycles. The Morgan fingerprint density at radius 3 is 2.44 bits per heavy atom. The first-order valence-corrected chi connectivity index (χ1v) is 11.9. The zero-order chi connectivity index (χ0) is 24.1. The van der Waals surface area contributed by atoms with Crippen molar-refractivity contribution in [1.82, 2.24) is 5.32 Å². The molecule has 9 heteroatoms. The molecule has 4 rings (SSSR count).